The molecule has 1 aromatic carbocycles. The molecule has 2 amide bonds. The Bertz CT molecular complexity index is 590. The molecule has 1 heterocycles. The molecule has 1 fully saturated rings. The predicted octanol–water partition coefficient (Wildman–Crippen LogP) is 3.09. The minimum absolute atomic E-state index is 0.0346. The Morgan fingerprint density at radius 1 is 1.21 bits per heavy atom. The van der Waals surface area contributed by atoms with E-state index >= 15 is 0 Å². The second kappa shape index (κ2) is 7.24. The van der Waals surface area contributed by atoms with E-state index in [1.165, 1.54) is 0 Å². The molecule has 5 nitrogen and oxygen atoms in total. The van der Waals surface area contributed by atoms with E-state index in [-0.39, 0.29) is 17.2 Å². The first-order valence-corrected chi connectivity index (χ1v) is 8.56. The number of benzene rings is 1. The lowest BCUT2D eigenvalue weighted by atomic mass is 9.91. The molecular formula is C19H28N2O3. The lowest BCUT2D eigenvalue weighted by Crippen LogP contribution is -2.58. The Morgan fingerprint density at radius 2 is 1.83 bits per heavy atom. The van der Waals surface area contributed by atoms with Crippen LogP contribution in [-0.2, 0) is 9.59 Å². The molecule has 0 spiro atoms. The van der Waals surface area contributed by atoms with Crippen molar-refractivity contribution >= 4 is 17.5 Å². The normalized spacial score (nSPS) is 18.7. The summed E-state index contributed by atoms with van der Waals surface area (Å²) in [5.41, 5.74) is 0.768. The quantitative estimate of drug-likeness (QED) is 0.851. The highest BCUT2D eigenvalue weighted by atomic mass is 16.5. The minimum atomic E-state index is -0.430. The van der Waals surface area contributed by atoms with Gasteiger partial charge in [0.15, 0.2) is 0 Å². The number of hydrogen-bond acceptors (Lipinski definition) is 3. The summed E-state index contributed by atoms with van der Waals surface area (Å²) in [4.78, 5) is 28.6. The van der Waals surface area contributed by atoms with E-state index in [4.69, 9.17) is 4.74 Å². The van der Waals surface area contributed by atoms with Gasteiger partial charge in [-0.05, 0) is 43.5 Å². The predicted molar refractivity (Wildman–Crippen MR) is 95.2 cm³/mol. The Labute approximate surface area is 144 Å². The topological polar surface area (TPSA) is 49.9 Å². The highest BCUT2D eigenvalue weighted by molar-refractivity contribution is 6.00. The van der Waals surface area contributed by atoms with Crippen molar-refractivity contribution in [1.29, 1.82) is 0 Å². The Hall–Kier alpha value is -2.04. The van der Waals surface area contributed by atoms with E-state index in [0.717, 1.165) is 11.4 Å². The van der Waals surface area contributed by atoms with Crippen LogP contribution >= 0.6 is 0 Å². The number of anilines is 1. The second-order valence-electron chi connectivity index (χ2n) is 7.42. The van der Waals surface area contributed by atoms with E-state index in [1.54, 1.807) is 9.80 Å². The first kappa shape index (κ1) is 18.3. The fraction of sp³-hybridized carbons (Fsp3) is 0.579. The molecule has 0 aliphatic carbocycles. The summed E-state index contributed by atoms with van der Waals surface area (Å²) in [5, 5.41) is 0. The zero-order chi connectivity index (χ0) is 17.9. The summed E-state index contributed by atoms with van der Waals surface area (Å²) in [7, 11) is 0. The monoisotopic (exact) mass is 332 g/mol. The highest BCUT2D eigenvalue weighted by Crippen LogP contribution is 2.26. The fourth-order valence-electron chi connectivity index (χ4n) is 2.91. The number of nitrogens with zero attached hydrogens (tertiary/aromatic N) is 2. The van der Waals surface area contributed by atoms with Gasteiger partial charge in [0, 0.05) is 25.2 Å². The van der Waals surface area contributed by atoms with Crippen molar-refractivity contribution in [1.82, 2.24) is 4.90 Å². The third-order valence-corrected chi connectivity index (χ3v) is 4.12. The lowest BCUT2D eigenvalue weighted by Gasteiger charge is -2.40. The number of piperazine rings is 1. The van der Waals surface area contributed by atoms with E-state index in [2.05, 4.69) is 0 Å². The Morgan fingerprint density at radius 3 is 2.38 bits per heavy atom. The third kappa shape index (κ3) is 4.28. The molecule has 132 valence electrons. The molecule has 0 aromatic heterocycles. The van der Waals surface area contributed by atoms with Gasteiger partial charge in [-0.2, -0.15) is 0 Å². The standard InChI is InChI=1S/C19H28N2O3/c1-6-24-16-9-7-15(8-10-16)21-12-11-20(14(2)18(21)23)17(22)13-19(3,4)5/h7-10,14H,6,11-13H2,1-5H3. The molecule has 1 unspecified atom stereocenters. The smallest absolute Gasteiger partial charge is 0.249 e. The average Bonchev–Trinajstić information content (AvgIpc) is 2.49. The van der Waals surface area contributed by atoms with Crippen molar-refractivity contribution in [3.8, 4) is 5.75 Å². The highest BCUT2D eigenvalue weighted by Gasteiger charge is 2.35. The molecule has 1 aliphatic rings. The van der Waals surface area contributed by atoms with Crippen LogP contribution in [0.15, 0.2) is 24.3 Å². The van der Waals surface area contributed by atoms with Crippen LogP contribution in [0.2, 0.25) is 0 Å². The SMILES string of the molecule is CCOc1ccc(N2CCN(C(=O)CC(C)(C)C)C(C)C2=O)cc1. The number of carbonyl (C=O) groups is 2. The van der Waals surface area contributed by atoms with Gasteiger partial charge in [0.25, 0.3) is 0 Å². The molecular weight excluding hydrogens is 304 g/mol. The summed E-state index contributed by atoms with van der Waals surface area (Å²) >= 11 is 0. The van der Waals surface area contributed by atoms with Gasteiger partial charge in [-0.1, -0.05) is 20.8 Å². The van der Waals surface area contributed by atoms with Crippen LogP contribution in [-0.4, -0.2) is 42.5 Å². The van der Waals surface area contributed by atoms with Crippen LogP contribution < -0.4 is 9.64 Å². The van der Waals surface area contributed by atoms with Crippen molar-refractivity contribution in [2.75, 3.05) is 24.6 Å². The lowest BCUT2D eigenvalue weighted by molar-refractivity contribution is -0.142. The maximum absolute atomic E-state index is 12.7. The number of rotatable bonds is 4. The largest absolute Gasteiger partial charge is 0.494 e. The van der Waals surface area contributed by atoms with Gasteiger partial charge >= 0.3 is 0 Å². The molecule has 1 atom stereocenters. The number of hydrogen-bond donors (Lipinski definition) is 0. The summed E-state index contributed by atoms with van der Waals surface area (Å²) < 4.78 is 5.43. The molecule has 1 aliphatic heterocycles. The molecule has 0 radical (unpaired) electrons. The van der Waals surface area contributed by atoms with E-state index in [9.17, 15) is 9.59 Å². The van der Waals surface area contributed by atoms with E-state index in [1.807, 2.05) is 58.9 Å². The summed E-state index contributed by atoms with van der Waals surface area (Å²) in [6.45, 7) is 11.6. The molecule has 2 rings (SSSR count). The van der Waals surface area contributed by atoms with Crippen molar-refractivity contribution in [3.05, 3.63) is 24.3 Å². The van der Waals surface area contributed by atoms with Gasteiger partial charge in [0.05, 0.1) is 6.61 Å². The third-order valence-electron chi connectivity index (χ3n) is 4.12. The Balaban J connectivity index is 2.07. The summed E-state index contributed by atoms with van der Waals surface area (Å²) in [5.74, 6) is 0.808. The maximum Gasteiger partial charge on any atom is 0.249 e. The van der Waals surface area contributed by atoms with Gasteiger partial charge in [0.2, 0.25) is 11.8 Å². The van der Waals surface area contributed by atoms with Gasteiger partial charge in [0.1, 0.15) is 11.8 Å². The molecule has 24 heavy (non-hydrogen) atoms. The maximum atomic E-state index is 12.7. The second-order valence-corrected chi connectivity index (χ2v) is 7.42. The zero-order valence-electron chi connectivity index (χ0n) is 15.3. The van der Waals surface area contributed by atoms with Crippen LogP contribution in [0.3, 0.4) is 0 Å². The number of ether oxygens (including phenoxy) is 1. The van der Waals surface area contributed by atoms with Crippen LogP contribution in [0.5, 0.6) is 5.75 Å². The Kier molecular flexibility index (Phi) is 5.52. The molecule has 0 bridgehead atoms. The molecule has 0 saturated carbocycles. The van der Waals surface area contributed by atoms with Crippen molar-refractivity contribution in [2.24, 2.45) is 5.41 Å². The molecule has 0 N–H and O–H groups in total. The molecule has 5 heteroatoms. The van der Waals surface area contributed by atoms with Crippen molar-refractivity contribution in [2.45, 2.75) is 47.1 Å². The summed E-state index contributed by atoms with van der Waals surface area (Å²) in [6.07, 6.45) is 0.452. The van der Waals surface area contributed by atoms with Gasteiger partial charge in [-0.3, -0.25) is 9.59 Å². The number of amides is 2. The molecule has 1 saturated heterocycles. The van der Waals surface area contributed by atoms with Crippen molar-refractivity contribution < 1.29 is 14.3 Å². The van der Waals surface area contributed by atoms with Gasteiger partial charge < -0.3 is 14.5 Å². The first-order chi connectivity index (χ1) is 11.2. The van der Waals surface area contributed by atoms with Crippen LogP contribution in [0.25, 0.3) is 0 Å². The van der Waals surface area contributed by atoms with Crippen LogP contribution in [0, 0.1) is 5.41 Å². The van der Waals surface area contributed by atoms with E-state index < -0.39 is 6.04 Å². The number of carbonyl (C=O) groups excluding carboxylic acids is 2. The molecule has 1 aromatic rings. The minimum Gasteiger partial charge on any atom is -0.494 e. The van der Waals surface area contributed by atoms with Crippen molar-refractivity contribution in [3.63, 3.8) is 0 Å². The summed E-state index contributed by atoms with van der Waals surface area (Å²) in [6, 6.07) is 7.09. The van der Waals surface area contributed by atoms with Crippen LogP contribution in [0.1, 0.15) is 41.0 Å². The van der Waals surface area contributed by atoms with Gasteiger partial charge in [-0.25, -0.2) is 0 Å². The van der Waals surface area contributed by atoms with Gasteiger partial charge in [-0.15, -0.1) is 0 Å². The van der Waals surface area contributed by atoms with E-state index in [0.29, 0.717) is 26.1 Å². The zero-order valence-corrected chi connectivity index (χ0v) is 15.3. The average molecular weight is 332 g/mol. The van der Waals surface area contributed by atoms with Crippen LogP contribution in [0.4, 0.5) is 5.69 Å². The fourth-order valence-corrected chi connectivity index (χ4v) is 2.91. The first-order valence-electron chi connectivity index (χ1n) is 8.56.